The second kappa shape index (κ2) is 9.60. The zero-order valence-electron chi connectivity index (χ0n) is 22.1. The van der Waals surface area contributed by atoms with Gasteiger partial charge < -0.3 is 56.9 Å². The monoisotopic (exact) mass is 682 g/mol. The molecule has 4 heteroatoms. The molecule has 2 nitrogen and oxygen atoms in total. The van der Waals surface area contributed by atoms with E-state index in [0.717, 1.165) is 35.8 Å². The van der Waals surface area contributed by atoms with E-state index in [9.17, 15) is 0 Å². The van der Waals surface area contributed by atoms with E-state index in [2.05, 4.69) is 27.9 Å². The van der Waals surface area contributed by atoms with Crippen molar-refractivity contribution >= 4 is 0 Å². The van der Waals surface area contributed by atoms with Gasteiger partial charge in [-0.2, -0.15) is 0 Å². The van der Waals surface area contributed by atoms with E-state index in [0.29, 0.717) is 10.8 Å². The molecule has 2 saturated heterocycles. The highest BCUT2D eigenvalue weighted by Gasteiger charge is 2.64. The second-order valence-electron chi connectivity index (χ2n) is 14.5. The fourth-order valence-electron chi connectivity index (χ4n) is 11.6. The van der Waals surface area contributed by atoms with E-state index in [1.165, 1.54) is 67.2 Å². The van der Waals surface area contributed by atoms with Crippen LogP contribution in [0.2, 0.25) is 0 Å². The maximum atomic E-state index is 2.79. The minimum Gasteiger partial charge on any atom is -1.00 e. The molecule has 0 aromatic heterocycles. The van der Waals surface area contributed by atoms with Crippen LogP contribution in [0.25, 0.3) is 0 Å². The minimum atomic E-state index is 0. The molecule has 0 aromatic rings. The second-order valence-corrected chi connectivity index (χ2v) is 14.5. The third kappa shape index (κ3) is 4.11. The zero-order chi connectivity index (χ0) is 21.5. The molecule has 4 aliphatic carbocycles. The van der Waals surface area contributed by atoms with Crippen LogP contribution in [0, 0.1) is 34.5 Å². The molecule has 6 rings (SSSR count). The first-order valence-electron chi connectivity index (χ1n) is 14.5. The lowest BCUT2D eigenvalue weighted by molar-refractivity contribution is -0.928. The lowest BCUT2D eigenvalue weighted by Gasteiger charge is -2.62. The van der Waals surface area contributed by atoms with Gasteiger partial charge in [-0.05, 0) is 74.0 Å². The standard InChI is InChI=1S/C29H52N2.2HI/c1-28-15-13-23(30(3)17-5-6-18-30)21-22(28)9-10-24-25-11-12-27(31(4)19-7-8-20-31)29(25,2)16-14-26(24)28;;/h22-27H,5-21H2,1-4H3;2*1H/q+2;;/p-2/t22-,23+,24+,25+,26+,27+,28+,29+;;/m1../s1. The van der Waals surface area contributed by atoms with Crippen molar-refractivity contribution in [3.05, 3.63) is 0 Å². The Morgan fingerprint density at radius 1 is 0.606 bits per heavy atom. The van der Waals surface area contributed by atoms with Crippen LogP contribution in [0.1, 0.15) is 97.3 Å². The summed E-state index contributed by atoms with van der Waals surface area (Å²) in [7, 11) is 5.25. The van der Waals surface area contributed by atoms with Gasteiger partial charge in [0.15, 0.2) is 0 Å². The van der Waals surface area contributed by atoms with Crippen molar-refractivity contribution in [1.29, 1.82) is 0 Å². The largest absolute Gasteiger partial charge is 1.00 e. The molecule has 0 aromatic carbocycles. The molecule has 4 saturated carbocycles. The van der Waals surface area contributed by atoms with Crippen molar-refractivity contribution in [2.24, 2.45) is 34.5 Å². The summed E-state index contributed by atoms with van der Waals surface area (Å²) in [6, 6.07) is 1.96. The van der Waals surface area contributed by atoms with Gasteiger partial charge in [-0.1, -0.05) is 13.8 Å². The van der Waals surface area contributed by atoms with Gasteiger partial charge in [0, 0.05) is 43.9 Å². The van der Waals surface area contributed by atoms with Crippen LogP contribution in [-0.2, 0) is 0 Å². The molecule has 33 heavy (non-hydrogen) atoms. The molecule has 0 bridgehead atoms. The predicted octanol–water partition coefficient (Wildman–Crippen LogP) is 0.255. The first-order valence-corrected chi connectivity index (χ1v) is 14.5. The summed E-state index contributed by atoms with van der Waals surface area (Å²) in [5, 5.41) is 0. The van der Waals surface area contributed by atoms with Gasteiger partial charge in [-0.3, -0.25) is 0 Å². The van der Waals surface area contributed by atoms with Crippen molar-refractivity contribution in [2.45, 2.75) is 109 Å². The Morgan fingerprint density at radius 2 is 1.18 bits per heavy atom. The number of hydrogen-bond acceptors (Lipinski definition) is 0. The van der Waals surface area contributed by atoms with Crippen LogP contribution in [0.5, 0.6) is 0 Å². The maximum absolute atomic E-state index is 2.79. The fraction of sp³-hybridized carbons (Fsp3) is 1.00. The van der Waals surface area contributed by atoms with E-state index in [4.69, 9.17) is 0 Å². The van der Waals surface area contributed by atoms with Crippen molar-refractivity contribution < 1.29 is 56.9 Å². The summed E-state index contributed by atoms with van der Waals surface area (Å²) in [6.45, 7) is 11.5. The number of quaternary nitrogens is 2. The first-order chi connectivity index (χ1) is 14.8. The van der Waals surface area contributed by atoms with Gasteiger partial charge in [0.25, 0.3) is 0 Å². The summed E-state index contributed by atoms with van der Waals surface area (Å²) >= 11 is 0. The zero-order valence-corrected chi connectivity index (χ0v) is 26.5. The highest BCUT2D eigenvalue weighted by Crippen LogP contribution is 2.67. The predicted molar refractivity (Wildman–Crippen MR) is 130 cm³/mol. The Bertz CT molecular complexity index is 700. The Morgan fingerprint density at radius 3 is 1.85 bits per heavy atom. The Kier molecular flexibility index (Phi) is 7.98. The lowest BCUT2D eigenvalue weighted by atomic mass is 9.44. The summed E-state index contributed by atoms with van der Waals surface area (Å²) in [5.41, 5.74) is 1.32. The van der Waals surface area contributed by atoms with Gasteiger partial charge in [0.05, 0.1) is 52.4 Å². The molecule has 2 aliphatic heterocycles. The molecule has 0 unspecified atom stereocenters. The third-order valence-electron chi connectivity index (χ3n) is 13.4. The van der Waals surface area contributed by atoms with Crippen LogP contribution >= 0.6 is 0 Å². The van der Waals surface area contributed by atoms with Crippen LogP contribution in [0.3, 0.4) is 0 Å². The summed E-state index contributed by atoms with van der Waals surface area (Å²) in [5.74, 6) is 4.20. The Labute approximate surface area is 239 Å². The van der Waals surface area contributed by atoms with Gasteiger partial charge >= 0.3 is 0 Å². The van der Waals surface area contributed by atoms with Gasteiger partial charge in [-0.25, -0.2) is 0 Å². The Balaban J connectivity index is 0.00000130. The molecule has 192 valence electrons. The average molecular weight is 683 g/mol. The van der Waals surface area contributed by atoms with Crippen LogP contribution in [-0.4, -0.2) is 61.3 Å². The number of rotatable bonds is 2. The first kappa shape index (κ1) is 27.4. The smallest absolute Gasteiger partial charge is 0.0945 e. The molecule has 0 N–H and O–H groups in total. The highest BCUT2D eigenvalue weighted by molar-refractivity contribution is 5.10. The molecule has 8 atom stereocenters. The van der Waals surface area contributed by atoms with Crippen molar-refractivity contribution in [1.82, 2.24) is 0 Å². The lowest BCUT2D eigenvalue weighted by Crippen LogP contribution is -3.00. The molecule has 0 amide bonds. The van der Waals surface area contributed by atoms with Crippen LogP contribution in [0.4, 0.5) is 0 Å². The number of likely N-dealkylation sites (tertiary alicyclic amines) is 2. The summed E-state index contributed by atoms with van der Waals surface area (Å²) in [4.78, 5) is 0. The van der Waals surface area contributed by atoms with E-state index in [1.54, 1.807) is 51.4 Å². The molecule has 2 heterocycles. The topological polar surface area (TPSA) is 0 Å². The number of hydrogen-bond donors (Lipinski definition) is 0. The minimum absolute atomic E-state index is 0. The SMILES string of the molecule is C[C@]12CC[C@H]([N+]3(C)CCCC3)C[C@H]1CC[C@@H]1[C@@H]2CC[C@@]2(C)[C@H]1CC[C@@H]2[N+]1(C)CCCC1.[I-].[I-]. The van der Waals surface area contributed by atoms with Crippen molar-refractivity contribution in [2.75, 3.05) is 40.3 Å². The van der Waals surface area contributed by atoms with E-state index in [1.807, 2.05) is 0 Å². The van der Waals surface area contributed by atoms with Crippen LogP contribution in [0.15, 0.2) is 0 Å². The van der Waals surface area contributed by atoms with Crippen molar-refractivity contribution in [3.8, 4) is 0 Å². The number of nitrogens with zero attached hydrogens (tertiary/aromatic N) is 2. The molecule has 0 radical (unpaired) electrons. The number of halogens is 2. The quantitative estimate of drug-likeness (QED) is 0.290. The summed E-state index contributed by atoms with van der Waals surface area (Å²) < 4.78 is 2.86. The number of fused-ring (bicyclic) bond motifs is 5. The molecular formula is C29H52I2N2. The van der Waals surface area contributed by atoms with E-state index >= 15 is 0 Å². The maximum Gasteiger partial charge on any atom is 0.0945 e. The van der Waals surface area contributed by atoms with Gasteiger partial charge in [-0.15, -0.1) is 0 Å². The van der Waals surface area contributed by atoms with Crippen LogP contribution < -0.4 is 48.0 Å². The highest BCUT2D eigenvalue weighted by atomic mass is 127. The van der Waals surface area contributed by atoms with E-state index in [-0.39, 0.29) is 48.0 Å². The average Bonchev–Trinajstić information content (AvgIpc) is 3.46. The third-order valence-corrected chi connectivity index (χ3v) is 13.4. The van der Waals surface area contributed by atoms with Gasteiger partial charge in [0.2, 0.25) is 0 Å². The molecule has 6 fully saturated rings. The fourth-order valence-corrected chi connectivity index (χ4v) is 11.6. The van der Waals surface area contributed by atoms with Crippen molar-refractivity contribution in [3.63, 3.8) is 0 Å². The summed E-state index contributed by atoms with van der Waals surface area (Å²) in [6.07, 6.45) is 20.0. The Hall–Kier alpha value is 1.38. The normalized spacial score (nSPS) is 49.8. The van der Waals surface area contributed by atoms with E-state index < -0.39 is 0 Å². The molecule has 0 spiro atoms. The molecule has 6 aliphatic rings. The van der Waals surface area contributed by atoms with Gasteiger partial charge in [0.1, 0.15) is 0 Å². The molecular weight excluding hydrogens is 630 g/mol.